The average Bonchev–Trinajstić information content (AvgIpc) is 2.89. The summed E-state index contributed by atoms with van der Waals surface area (Å²) >= 11 is 0. The molecule has 0 aliphatic heterocycles. The van der Waals surface area contributed by atoms with Crippen LogP contribution in [0.5, 0.6) is 0 Å². The van der Waals surface area contributed by atoms with Gasteiger partial charge < -0.3 is 9.80 Å². The van der Waals surface area contributed by atoms with E-state index in [0.29, 0.717) is 0 Å². The van der Waals surface area contributed by atoms with Crippen molar-refractivity contribution in [2.24, 2.45) is 0 Å². The Bertz CT molecular complexity index is 1270. The van der Waals surface area contributed by atoms with Crippen LogP contribution in [0, 0.1) is 6.92 Å². The van der Waals surface area contributed by atoms with Crippen LogP contribution in [-0.4, -0.2) is 7.05 Å². The van der Waals surface area contributed by atoms with Crippen molar-refractivity contribution in [3.8, 4) is 11.1 Å². The Morgan fingerprint density at radius 2 is 1.09 bits per heavy atom. The van der Waals surface area contributed by atoms with Gasteiger partial charge in [-0.05, 0) is 78.7 Å². The molecular weight excluding hydrogens is 412 g/mol. The predicted octanol–water partition coefficient (Wildman–Crippen LogP) is 8.82. The van der Waals surface area contributed by atoms with Gasteiger partial charge >= 0.3 is 0 Å². The number of allylic oxidation sites excluding steroid dienone is 3. The van der Waals surface area contributed by atoms with Gasteiger partial charge in [0.15, 0.2) is 0 Å². The van der Waals surface area contributed by atoms with Gasteiger partial charge in [0, 0.05) is 35.5 Å². The quantitative estimate of drug-likeness (QED) is 0.251. The molecule has 0 aromatic heterocycles. The van der Waals surface area contributed by atoms with Crippen molar-refractivity contribution in [2.45, 2.75) is 6.92 Å². The number of likely N-dealkylation sites (N-methyl/N-ethyl adjacent to an activating group) is 1. The van der Waals surface area contributed by atoms with Crippen LogP contribution < -0.4 is 9.80 Å². The zero-order valence-corrected chi connectivity index (χ0v) is 19.9. The molecule has 0 saturated heterocycles. The van der Waals surface area contributed by atoms with Crippen molar-refractivity contribution in [1.29, 1.82) is 0 Å². The van der Waals surface area contributed by atoms with Gasteiger partial charge in [0.1, 0.15) is 0 Å². The Balaban J connectivity index is 1.69. The van der Waals surface area contributed by atoms with Crippen LogP contribution >= 0.6 is 0 Å². The van der Waals surface area contributed by atoms with E-state index in [1.165, 1.54) is 16.7 Å². The van der Waals surface area contributed by atoms with Crippen LogP contribution in [0.3, 0.4) is 0 Å². The molecule has 0 bridgehead atoms. The highest BCUT2D eigenvalue weighted by atomic mass is 15.1. The van der Waals surface area contributed by atoms with Crippen molar-refractivity contribution < 1.29 is 0 Å². The lowest BCUT2D eigenvalue weighted by Gasteiger charge is -2.27. The van der Waals surface area contributed by atoms with E-state index in [1.54, 1.807) is 6.08 Å². The lowest BCUT2D eigenvalue weighted by molar-refractivity contribution is 1.14. The minimum absolute atomic E-state index is 0.995. The summed E-state index contributed by atoms with van der Waals surface area (Å²) in [5.41, 5.74) is 9.10. The fourth-order valence-electron chi connectivity index (χ4n) is 3.99. The molecule has 0 N–H and O–H groups in total. The van der Waals surface area contributed by atoms with Gasteiger partial charge in [-0.2, -0.15) is 0 Å². The highest BCUT2D eigenvalue weighted by molar-refractivity contribution is 5.79. The largest absolute Gasteiger partial charge is 0.345 e. The summed E-state index contributed by atoms with van der Waals surface area (Å²) < 4.78 is 0. The maximum atomic E-state index is 3.92. The fourth-order valence-corrected chi connectivity index (χ4v) is 3.99. The molecule has 0 aliphatic rings. The smallest absolute Gasteiger partial charge is 0.0463 e. The summed E-state index contributed by atoms with van der Waals surface area (Å²) in [6.07, 6.45) is 5.56. The fraction of sp³-hybridized carbons (Fsp3) is 0.0625. The summed E-state index contributed by atoms with van der Waals surface area (Å²) in [5.74, 6) is 0. The molecule has 0 aliphatic carbocycles. The number of nitrogens with zero attached hydrogens (tertiary/aromatic N) is 2. The third-order valence-corrected chi connectivity index (χ3v) is 5.91. The van der Waals surface area contributed by atoms with Crippen LogP contribution in [-0.2, 0) is 0 Å². The molecule has 0 saturated carbocycles. The standard InChI is InChI=1S/C32H30N2/c1-5-10-28(6-2)33(4)29-21-23-32(24-22-29)34(30-11-8-7-9-12-30)31-19-17-27(18-20-31)26-15-13-25(3)14-16-26/h5-24H,1-2H2,3-4H3/b28-10+. The number of hydrogen-bond acceptors (Lipinski definition) is 2. The molecule has 0 spiro atoms. The minimum Gasteiger partial charge on any atom is -0.345 e. The Kier molecular flexibility index (Phi) is 7.10. The van der Waals surface area contributed by atoms with E-state index in [9.17, 15) is 0 Å². The van der Waals surface area contributed by atoms with E-state index >= 15 is 0 Å². The molecule has 4 rings (SSSR count). The lowest BCUT2D eigenvalue weighted by Crippen LogP contribution is -2.15. The first-order valence-electron chi connectivity index (χ1n) is 11.4. The highest BCUT2D eigenvalue weighted by Crippen LogP contribution is 2.36. The Hall–Kier alpha value is -4.30. The third-order valence-electron chi connectivity index (χ3n) is 5.91. The first-order chi connectivity index (χ1) is 16.6. The number of rotatable bonds is 8. The van der Waals surface area contributed by atoms with E-state index < -0.39 is 0 Å². The van der Waals surface area contributed by atoms with E-state index in [4.69, 9.17) is 0 Å². The van der Waals surface area contributed by atoms with E-state index in [1.807, 2.05) is 25.3 Å². The second-order valence-electron chi connectivity index (χ2n) is 8.19. The summed E-state index contributed by atoms with van der Waals surface area (Å²) in [7, 11) is 2.03. The van der Waals surface area contributed by atoms with Gasteiger partial charge in [-0.25, -0.2) is 0 Å². The van der Waals surface area contributed by atoms with Gasteiger partial charge in [0.05, 0.1) is 0 Å². The zero-order valence-electron chi connectivity index (χ0n) is 19.9. The van der Waals surface area contributed by atoms with Gasteiger partial charge in [-0.3, -0.25) is 0 Å². The molecule has 0 atom stereocenters. The second kappa shape index (κ2) is 10.5. The number of aryl methyl sites for hydroxylation is 1. The van der Waals surface area contributed by atoms with Crippen molar-refractivity contribution in [2.75, 3.05) is 16.8 Å². The van der Waals surface area contributed by atoms with Crippen LogP contribution in [0.4, 0.5) is 22.7 Å². The molecular formula is C32H30N2. The summed E-state index contributed by atoms with van der Waals surface area (Å²) in [5, 5.41) is 0. The van der Waals surface area contributed by atoms with Gasteiger partial charge in [0.25, 0.3) is 0 Å². The summed E-state index contributed by atoms with van der Waals surface area (Å²) in [4.78, 5) is 4.37. The molecule has 4 aromatic carbocycles. The monoisotopic (exact) mass is 442 g/mol. The summed E-state index contributed by atoms with van der Waals surface area (Å²) in [6, 6.07) is 36.4. The van der Waals surface area contributed by atoms with Crippen LogP contribution in [0.1, 0.15) is 5.56 Å². The Labute approximate surface area is 203 Å². The van der Waals surface area contributed by atoms with Crippen LogP contribution in [0.15, 0.2) is 140 Å². The maximum Gasteiger partial charge on any atom is 0.0463 e. The Morgan fingerprint density at radius 1 is 0.618 bits per heavy atom. The predicted molar refractivity (Wildman–Crippen MR) is 148 cm³/mol. The van der Waals surface area contributed by atoms with E-state index in [-0.39, 0.29) is 0 Å². The molecule has 4 aromatic rings. The number of hydrogen-bond donors (Lipinski definition) is 0. The molecule has 0 amide bonds. The zero-order chi connectivity index (χ0) is 23.9. The molecule has 0 heterocycles. The first kappa shape index (κ1) is 22.9. The number of para-hydroxylation sites is 1. The van der Waals surface area contributed by atoms with Crippen molar-refractivity contribution in [3.05, 3.63) is 146 Å². The second-order valence-corrected chi connectivity index (χ2v) is 8.19. The van der Waals surface area contributed by atoms with Crippen LogP contribution in [0.25, 0.3) is 11.1 Å². The molecule has 34 heavy (non-hydrogen) atoms. The normalized spacial score (nSPS) is 11.1. The lowest BCUT2D eigenvalue weighted by atomic mass is 10.0. The average molecular weight is 443 g/mol. The molecule has 0 fully saturated rings. The molecule has 2 nitrogen and oxygen atoms in total. The maximum absolute atomic E-state index is 3.92. The molecule has 0 radical (unpaired) electrons. The van der Waals surface area contributed by atoms with Gasteiger partial charge in [-0.1, -0.05) is 79.4 Å². The molecule has 0 unspecified atom stereocenters. The van der Waals surface area contributed by atoms with Gasteiger partial charge in [0.2, 0.25) is 0 Å². The first-order valence-corrected chi connectivity index (χ1v) is 11.4. The van der Waals surface area contributed by atoms with Crippen molar-refractivity contribution in [3.63, 3.8) is 0 Å². The number of benzene rings is 4. The summed E-state index contributed by atoms with van der Waals surface area (Å²) in [6.45, 7) is 9.83. The number of anilines is 4. The van der Waals surface area contributed by atoms with E-state index in [0.717, 1.165) is 28.4 Å². The topological polar surface area (TPSA) is 6.48 Å². The third kappa shape index (κ3) is 5.02. The highest BCUT2D eigenvalue weighted by Gasteiger charge is 2.13. The minimum atomic E-state index is 0.995. The van der Waals surface area contributed by atoms with Gasteiger partial charge in [-0.15, -0.1) is 0 Å². The van der Waals surface area contributed by atoms with Crippen molar-refractivity contribution >= 4 is 22.7 Å². The van der Waals surface area contributed by atoms with Crippen molar-refractivity contribution in [1.82, 2.24) is 0 Å². The molecule has 168 valence electrons. The Morgan fingerprint density at radius 3 is 1.62 bits per heavy atom. The van der Waals surface area contributed by atoms with E-state index in [2.05, 4.69) is 127 Å². The van der Waals surface area contributed by atoms with Crippen LogP contribution in [0.2, 0.25) is 0 Å². The molecule has 2 heteroatoms. The SMILES string of the molecule is C=C/C=C(\C=C)N(C)c1ccc(N(c2ccccc2)c2ccc(-c3ccc(C)cc3)cc2)cc1.